The molecule has 126 valence electrons. The largest absolute Gasteiger partial charge is 0.470 e. The molecule has 0 bridgehead atoms. The van der Waals surface area contributed by atoms with Gasteiger partial charge in [-0.2, -0.15) is 0 Å². The van der Waals surface area contributed by atoms with Crippen LogP contribution in [0.15, 0.2) is 12.7 Å². The lowest BCUT2D eigenvalue weighted by atomic mass is 10.1. The molecule has 0 unspecified atom stereocenters. The SMILES string of the molecule is Nc1ncnc2c1ncn2[C@@H]1O[C@H](CO)[C@H](OP(=O)(O)O)[C@H]1O. The summed E-state index contributed by atoms with van der Waals surface area (Å²) >= 11 is 0. The molecule has 3 rings (SSSR count). The van der Waals surface area contributed by atoms with E-state index in [4.69, 9.17) is 20.3 Å². The molecule has 1 fully saturated rings. The molecular weight excluding hydrogens is 333 g/mol. The van der Waals surface area contributed by atoms with E-state index in [1.165, 1.54) is 17.2 Å². The number of fused-ring (bicyclic) bond motifs is 1. The summed E-state index contributed by atoms with van der Waals surface area (Å²) < 4.78 is 22.3. The van der Waals surface area contributed by atoms with Gasteiger partial charge >= 0.3 is 7.82 Å². The number of aromatic nitrogens is 4. The Morgan fingerprint density at radius 2 is 2.13 bits per heavy atom. The average Bonchev–Trinajstić information content (AvgIpc) is 3.01. The molecule has 13 heteroatoms. The number of ether oxygens (including phenoxy) is 1. The number of nitrogens with two attached hydrogens (primary N) is 1. The topological polar surface area (TPSA) is 186 Å². The Morgan fingerprint density at radius 1 is 1.39 bits per heavy atom. The van der Waals surface area contributed by atoms with E-state index in [9.17, 15) is 14.8 Å². The quantitative estimate of drug-likeness (QED) is 0.390. The lowest BCUT2D eigenvalue weighted by Gasteiger charge is -2.19. The van der Waals surface area contributed by atoms with E-state index in [1.54, 1.807) is 0 Å². The number of aliphatic hydroxyl groups is 2. The van der Waals surface area contributed by atoms with E-state index in [2.05, 4.69) is 19.5 Å². The summed E-state index contributed by atoms with van der Waals surface area (Å²) in [7, 11) is -4.88. The van der Waals surface area contributed by atoms with Crippen molar-refractivity contribution in [1.29, 1.82) is 0 Å². The maximum Gasteiger partial charge on any atom is 0.470 e. The van der Waals surface area contributed by atoms with Crippen LogP contribution in [-0.4, -0.2) is 64.4 Å². The van der Waals surface area contributed by atoms with Crippen LogP contribution in [0, 0.1) is 0 Å². The number of hydrogen-bond donors (Lipinski definition) is 5. The Bertz CT molecular complexity index is 763. The highest BCUT2D eigenvalue weighted by Gasteiger charge is 2.48. The first kappa shape index (κ1) is 16.2. The molecule has 12 nitrogen and oxygen atoms in total. The second-order valence-corrected chi connectivity index (χ2v) is 6.07. The molecule has 3 heterocycles. The molecule has 0 amide bonds. The Balaban J connectivity index is 1.96. The summed E-state index contributed by atoms with van der Waals surface area (Å²) in [5, 5.41) is 19.6. The number of phosphoric ester groups is 1. The first-order chi connectivity index (χ1) is 10.8. The Hall–Kier alpha value is -1.66. The summed E-state index contributed by atoms with van der Waals surface area (Å²) in [5.41, 5.74) is 6.21. The van der Waals surface area contributed by atoms with E-state index in [-0.39, 0.29) is 17.0 Å². The fourth-order valence-electron chi connectivity index (χ4n) is 2.44. The minimum Gasteiger partial charge on any atom is -0.394 e. The van der Waals surface area contributed by atoms with Gasteiger partial charge in [0.05, 0.1) is 12.9 Å². The zero-order valence-electron chi connectivity index (χ0n) is 11.5. The van der Waals surface area contributed by atoms with Crippen LogP contribution in [0.2, 0.25) is 0 Å². The van der Waals surface area contributed by atoms with Crippen LogP contribution in [-0.2, 0) is 13.8 Å². The second kappa shape index (κ2) is 5.76. The predicted octanol–water partition coefficient (Wildman–Crippen LogP) is -1.86. The molecule has 0 aromatic carbocycles. The van der Waals surface area contributed by atoms with Crippen LogP contribution in [0.1, 0.15) is 6.23 Å². The van der Waals surface area contributed by atoms with Crippen molar-refractivity contribution in [2.45, 2.75) is 24.5 Å². The number of nitrogen functional groups attached to an aromatic ring is 1. The third-order valence-corrected chi connectivity index (χ3v) is 3.93. The van der Waals surface area contributed by atoms with Crippen molar-refractivity contribution in [2.24, 2.45) is 0 Å². The van der Waals surface area contributed by atoms with E-state index >= 15 is 0 Å². The number of hydrogen-bond acceptors (Lipinski definition) is 9. The second-order valence-electron chi connectivity index (χ2n) is 4.88. The zero-order valence-corrected chi connectivity index (χ0v) is 12.4. The van der Waals surface area contributed by atoms with Crippen LogP contribution in [0.5, 0.6) is 0 Å². The fourth-order valence-corrected chi connectivity index (χ4v) is 3.02. The van der Waals surface area contributed by atoms with Crippen LogP contribution >= 0.6 is 7.82 Å². The number of imidazole rings is 1. The van der Waals surface area contributed by atoms with Gasteiger partial charge in [-0.15, -0.1) is 0 Å². The lowest BCUT2D eigenvalue weighted by molar-refractivity contribution is -0.0509. The van der Waals surface area contributed by atoms with Crippen molar-refractivity contribution < 1.29 is 33.8 Å². The molecule has 0 spiro atoms. The smallest absolute Gasteiger partial charge is 0.394 e. The maximum absolute atomic E-state index is 11.0. The van der Waals surface area contributed by atoms with Crippen molar-refractivity contribution in [1.82, 2.24) is 19.5 Å². The zero-order chi connectivity index (χ0) is 16.8. The number of phosphoric acid groups is 1. The predicted molar refractivity (Wildman–Crippen MR) is 73.7 cm³/mol. The van der Waals surface area contributed by atoms with Gasteiger partial charge in [-0.05, 0) is 0 Å². The first-order valence-corrected chi connectivity index (χ1v) is 7.96. The van der Waals surface area contributed by atoms with Crippen LogP contribution in [0.3, 0.4) is 0 Å². The monoisotopic (exact) mass is 347 g/mol. The molecule has 1 aliphatic heterocycles. The minimum atomic E-state index is -4.88. The molecular formula is C10H14N5O7P. The minimum absolute atomic E-state index is 0.128. The van der Waals surface area contributed by atoms with Gasteiger partial charge in [0, 0.05) is 0 Å². The van der Waals surface area contributed by atoms with Crippen LogP contribution in [0.4, 0.5) is 5.82 Å². The summed E-state index contributed by atoms with van der Waals surface area (Å²) in [4.78, 5) is 29.6. The molecule has 0 radical (unpaired) electrons. The molecule has 4 atom stereocenters. The third-order valence-electron chi connectivity index (χ3n) is 3.41. The highest BCUT2D eigenvalue weighted by Crippen LogP contribution is 2.44. The van der Waals surface area contributed by atoms with Gasteiger partial charge in [0.1, 0.15) is 30.2 Å². The van der Waals surface area contributed by atoms with Gasteiger partial charge in [-0.3, -0.25) is 9.09 Å². The molecule has 6 N–H and O–H groups in total. The molecule has 2 aromatic heterocycles. The van der Waals surface area contributed by atoms with Crippen LogP contribution in [0.25, 0.3) is 11.2 Å². The summed E-state index contributed by atoms with van der Waals surface area (Å²) in [6.07, 6.45) is -2.68. The van der Waals surface area contributed by atoms with Crippen LogP contribution < -0.4 is 5.73 Å². The van der Waals surface area contributed by atoms with E-state index < -0.39 is 39.0 Å². The average molecular weight is 347 g/mol. The molecule has 0 saturated carbocycles. The van der Waals surface area contributed by atoms with Crippen molar-refractivity contribution in [3.8, 4) is 0 Å². The molecule has 1 aliphatic rings. The standard InChI is InChI=1S/C10H14N5O7P/c11-8-5-9(13-2-12-8)15(3-14-5)10-6(17)7(4(1-16)21-10)22-23(18,19)20/h2-4,6-7,10,16-17H,1H2,(H2,11,12,13)(H2,18,19,20)/t4-,6-,7+,10-/m1/s1. The first-order valence-electron chi connectivity index (χ1n) is 6.43. The summed E-state index contributed by atoms with van der Waals surface area (Å²) in [6.45, 7) is -0.609. The Labute approximate surface area is 128 Å². The number of aliphatic hydroxyl groups excluding tert-OH is 2. The third kappa shape index (κ3) is 2.93. The lowest BCUT2D eigenvalue weighted by Crippen LogP contribution is -2.35. The van der Waals surface area contributed by atoms with Gasteiger partial charge in [0.25, 0.3) is 0 Å². The van der Waals surface area contributed by atoms with Gasteiger partial charge in [0.2, 0.25) is 0 Å². The fraction of sp³-hybridized carbons (Fsp3) is 0.500. The summed E-state index contributed by atoms with van der Waals surface area (Å²) in [6, 6.07) is 0. The van der Waals surface area contributed by atoms with E-state index in [0.717, 1.165) is 0 Å². The Morgan fingerprint density at radius 3 is 2.78 bits per heavy atom. The molecule has 2 aromatic rings. The van der Waals surface area contributed by atoms with E-state index in [0.29, 0.717) is 0 Å². The molecule has 23 heavy (non-hydrogen) atoms. The highest BCUT2D eigenvalue weighted by atomic mass is 31.2. The maximum atomic E-state index is 11.0. The van der Waals surface area contributed by atoms with Gasteiger partial charge in [-0.25, -0.2) is 19.5 Å². The Kier molecular flexibility index (Phi) is 4.06. The van der Waals surface area contributed by atoms with Gasteiger partial charge < -0.3 is 30.5 Å². The van der Waals surface area contributed by atoms with Crippen molar-refractivity contribution >= 4 is 24.8 Å². The van der Waals surface area contributed by atoms with Gasteiger partial charge in [-0.1, -0.05) is 0 Å². The number of nitrogens with zero attached hydrogens (tertiary/aromatic N) is 4. The van der Waals surface area contributed by atoms with Crippen molar-refractivity contribution in [2.75, 3.05) is 12.3 Å². The van der Waals surface area contributed by atoms with E-state index in [1.807, 2.05) is 0 Å². The van der Waals surface area contributed by atoms with Gasteiger partial charge in [0.15, 0.2) is 17.7 Å². The molecule has 1 saturated heterocycles. The normalized spacial score (nSPS) is 28.5. The summed E-state index contributed by atoms with van der Waals surface area (Å²) in [5.74, 6) is 0.128. The molecule has 0 aliphatic carbocycles. The highest BCUT2D eigenvalue weighted by molar-refractivity contribution is 7.46. The number of rotatable bonds is 4. The van der Waals surface area contributed by atoms with Crippen molar-refractivity contribution in [3.63, 3.8) is 0 Å². The number of anilines is 1. The van der Waals surface area contributed by atoms with Crippen molar-refractivity contribution in [3.05, 3.63) is 12.7 Å².